The van der Waals surface area contributed by atoms with Crippen LogP contribution in [0.2, 0.25) is 0 Å². The fourth-order valence-electron chi connectivity index (χ4n) is 1.40. The van der Waals surface area contributed by atoms with Crippen molar-refractivity contribution in [2.75, 3.05) is 5.33 Å². The van der Waals surface area contributed by atoms with Crippen molar-refractivity contribution in [2.24, 2.45) is 5.92 Å². The summed E-state index contributed by atoms with van der Waals surface area (Å²) in [5.74, 6) is 0.475. The summed E-state index contributed by atoms with van der Waals surface area (Å²) in [5, 5.41) is 7.50. The van der Waals surface area contributed by atoms with E-state index in [1.807, 2.05) is 0 Å². The molecule has 0 saturated carbocycles. The van der Waals surface area contributed by atoms with Crippen molar-refractivity contribution in [2.45, 2.75) is 33.2 Å². The topological polar surface area (TPSA) is 55.1 Å². The third-order valence-electron chi connectivity index (χ3n) is 2.39. The number of aryl methyl sites for hydroxylation is 1. The van der Waals surface area contributed by atoms with Crippen LogP contribution in [-0.4, -0.2) is 22.4 Å². The number of rotatable bonds is 5. The van der Waals surface area contributed by atoms with Crippen molar-refractivity contribution < 1.29 is 9.32 Å². The van der Waals surface area contributed by atoms with E-state index >= 15 is 0 Å². The van der Waals surface area contributed by atoms with Crippen molar-refractivity contribution in [3.63, 3.8) is 0 Å². The Morgan fingerprint density at radius 3 is 2.75 bits per heavy atom. The number of hydrogen-bond acceptors (Lipinski definition) is 3. The predicted molar refractivity (Wildman–Crippen MR) is 65.7 cm³/mol. The Balaban J connectivity index is 2.61. The van der Waals surface area contributed by atoms with Crippen molar-refractivity contribution >= 4 is 21.8 Å². The van der Waals surface area contributed by atoms with E-state index in [2.05, 4.69) is 40.3 Å². The summed E-state index contributed by atoms with van der Waals surface area (Å²) in [6, 6.07) is 1.79. The minimum atomic E-state index is -0.194. The van der Waals surface area contributed by atoms with Gasteiger partial charge in [-0.3, -0.25) is 4.79 Å². The average Bonchev–Trinajstić information content (AvgIpc) is 2.64. The van der Waals surface area contributed by atoms with Crippen molar-refractivity contribution in [3.8, 4) is 0 Å². The molecule has 1 aromatic rings. The van der Waals surface area contributed by atoms with Crippen LogP contribution in [0.3, 0.4) is 0 Å². The largest absolute Gasteiger partial charge is 0.351 e. The van der Waals surface area contributed by atoms with Gasteiger partial charge in [-0.15, -0.1) is 0 Å². The number of aromatic nitrogens is 1. The van der Waals surface area contributed by atoms with E-state index < -0.39 is 0 Å². The molecular formula is C11H17BrN2O2. The molecule has 5 heteroatoms. The lowest BCUT2D eigenvalue weighted by Gasteiger charge is -2.20. The number of nitrogens with one attached hydrogen (secondary N) is 1. The Bertz CT molecular complexity index is 350. The van der Waals surface area contributed by atoms with Crippen molar-refractivity contribution in [3.05, 3.63) is 17.5 Å². The minimum Gasteiger partial charge on any atom is -0.351 e. The zero-order chi connectivity index (χ0) is 12.1. The van der Waals surface area contributed by atoms with E-state index in [1.54, 1.807) is 13.0 Å². The molecule has 0 aromatic carbocycles. The molecule has 4 nitrogen and oxygen atoms in total. The Morgan fingerprint density at radius 2 is 2.31 bits per heavy atom. The van der Waals surface area contributed by atoms with Gasteiger partial charge in [0.15, 0.2) is 0 Å². The summed E-state index contributed by atoms with van der Waals surface area (Å²) in [6.45, 7) is 5.96. The van der Waals surface area contributed by atoms with Crippen LogP contribution in [-0.2, 0) is 0 Å². The van der Waals surface area contributed by atoms with E-state index in [1.165, 1.54) is 0 Å². The van der Waals surface area contributed by atoms with Gasteiger partial charge < -0.3 is 9.84 Å². The highest BCUT2D eigenvalue weighted by Crippen LogP contribution is 2.10. The van der Waals surface area contributed by atoms with Gasteiger partial charge in [-0.05, 0) is 19.3 Å². The van der Waals surface area contributed by atoms with Crippen LogP contribution in [0.1, 0.15) is 36.5 Å². The smallest absolute Gasteiger partial charge is 0.290 e. The quantitative estimate of drug-likeness (QED) is 0.847. The first-order valence-corrected chi connectivity index (χ1v) is 6.47. The molecule has 0 saturated heterocycles. The maximum Gasteiger partial charge on any atom is 0.290 e. The maximum atomic E-state index is 11.8. The second-order valence-electron chi connectivity index (χ2n) is 4.13. The molecule has 0 fully saturated rings. The second kappa shape index (κ2) is 6.03. The van der Waals surface area contributed by atoms with Gasteiger partial charge in [-0.25, -0.2) is 0 Å². The number of carbonyl (C=O) groups excluding carboxylic acids is 1. The molecule has 1 heterocycles. The molecule has 0 aliphatic rings. The molecule has 16 heavy (non-hydrogen) atoms. The van der Waals surface area contributed by atoms with E-state index in [4.69, 9.17) is 4.52 Å². The molecule has 1 N–H and O–H groups in total. The second-order valence-corrected chi connectivity index (χ2v) is 4.93. The van der Waals surface area contributed by atoms with Crippen LogP contribution < -0.4 is 5.32 Å². The van der Waals surface area contributed by atoms with Gasteiger partial charge in [0.1, 0.15) is 0 Å². The van der Waals surface area contributed by atoms with Gasteiger partial charge in [0.05, 0.1) is 5.69 Å². The first-order chi connectivity index (χ1) is 7.54. The van der Waals surface area contributed by atoms with Crippen LogP contribution in [0.15, 0.2) is 10.6 Å². The Kier molecular flexibility index (Phi) is 4.99. The Hall–Kier alpha value is -0.840. The summed E-state index contributed by atoms with van der Waals surface area (Å²) < 4.78 is 4.91. The van der Waals surface area contributed by atoms with E-state index in [0.717, 1.165) is 11.8 Å². The van der Waals surface area contributed by atoms with Gasteiger partial charge in [0.2, 0.25) is 5.76 Å². The normalized spacial score (nSPS) is 12.8. The summed E-state index contributed by atoms with van der Waals surface area (Å²) >= 11 is 3.38. The molecule has 0 bridgehead atoms. The van der Waals surface area contributed by atoms with E-state index in [-0.39, 0.29) is 17.7 Å². The van der Waals surface area contributed by atoms with E-state index in [0.29, 0.717) is 11.6 Å². The summed E-state index contributed by atoms with van der Waals surface area (Å²) in [5.41, 5.74) is 0.715. The lowest BCUT2D eigenvalue weighted by molar-refractivity contribution is 0.0887. The van der Waals surface area contributed by atoms with Gasteiger partial charge in [-0.2, -0.15) is 0 Å². The predicted octanol–water partition coefficient (Wildman–Crippen LogP) is 2.52. The minimum absolute atomic E-state index is 0.150. The number of nitrogens with zero attached hydrogens (tertiary/aromatic N) is 1. The standard InChI is InChI=1S/C11H17BrN2O2/c1-7(2)9(4-5-12)13-11(15)10-6-8(3)14-16-10/h6-7,9H,4-5H2,1-3H3,(H,13,15). The number of amides is 1. The maximum absolute atomic E-state index is 11.8. The highest BCUT2D eigenvalue weighted by atomic mass is 79.9. The molecule has 1 aromatic heterocycles. The van der Waals surface area contributed by atoms with Gasteiger partial charge >= 0.3 is 0 Å². The zero-order valence-electron chi connectivity index (χ0n) is 9.79. The highest BCUT2D eigenvalue weighted by Gasteiger charge is 2.18. The molecule has 90 valence electrons. The highest BCUT2D eigenvalue weighted by molar-refractivity contribution is 9.09. The number of halogens is 1. The molecule has 0 radical (unpaired) electrons. The van der Waals surface area contributed by atoms with Gasteiger partial charge in [0.25, 0.3) is 5.91 Å². The monoisotopic (exact) mass is 288 g/mol. The summed E-state index contributed by atoms with van der Waals surface area (Å²) in [6.07, 6.45) is 0.899. The van der Waals surface area contributed by atoms with Gasteiger partial charge in [-0.1, -0.05) is 34.9 Å². The average molecular weight is 289 g/mol. The van der Waals surface area contributed by atoms with Crippen LogP contribution in [0.25, 0.3) is 0 Å². The molecule has 1 unspecified atom stereocenters. The first kappa shape index (κ1) is 13.2. The van der Waals surface area contributed by atoms with Crippen LogP contribution in [0.4, 0.5) is 0 Å². The van der Waals surface area contributed by atoms with Crippen LogP contribution >= 0.6 is 15.9 Å². The zero-order valence-corrected chi connectivity index (χ0v) is 11.4. The third-order valence-corrected chi connectivity index (χ3v) is 2.85. The number of alkyl halides is 1. The summed E-state index contributed by atoms with van der Waals surface area (Å²) in [7, 11) is 0. The fraction of sp³-hybridized carbons (Fsp3) is 0.636. The molecule has 0 aliphatic carbocycles. The Morgan fingerprint density at radius 1 is 1.62 bits per heavy atom. The molecule has 0 spiro atoms. The van der Waals surface area contributed by atoms with Crippen LogP contribution in [0.5, 0.6) is 0 Å². The lowest BCUT2D eigenvalue weighted by atomic mass is 10.0. The Labute approximate surface area is 104 Å². The lowest BCUT2D eigenvalue weighted by Crippen LogP contribution is -2.38. The molecule has 0 aliphatic heterocycles. The molecular weight excluding hydrogens is 272 g/mol. The number of hydrogen-bond donors (Lipinski definition) is 1. The molecule has 1 atom stereocenters. The summed E-state index contributed by atoms with van der Waals surface area (Å²) in [4.78, 5) is 11.8. The van der Waals surface area contributed by atoms with Crippen molar-refractivity contribution in [1.82, 2.24) is 10.5 Å². The van der Waals surface area contributed by atoms with Crippen molar-refractivity contribution in [1.29, 1.82) is 0 Å². The number of carbonyl (C=O) groups is 1. The molecule has 1 amide bonds. The van der Waals surface area contributed by atoms with E-state index in [9.17, 15) is 4.79 Å². The van der Waals surface area contributed by atoms with Gasteiger partial charge in [0, 0.05) is 17.4 Å². The third kappa shape index (κ3) is 3.63. The molecule has 1 rings (SSSR count). The van der Waals surface area contributed by atoms with Crippen LogP contribution in [0, 0.1) is 12.8 Å². The fourth-order valence-corrected chi connectivity index (χ4v) is 1.89. The first-order valence-electron chi connectivity index (χ1n) is 5.34. The SMILES string of the molecule is Cc1cc(C(=O)NC(CCBr)C(C)C)on1.